The Bertz CT molecular complexity index is 860. The molecule has 0 heterocycles. The Labute approximate surface area is 166 Å². The average molecular weight is 401 g/mol. The van der Waals surface area contributed by atoms with E-state index in [0.29, 0.717) is 5.75 Å². The van der Waals surface area contributed by atoms with Crippen molar-refractivity contribution in [3.63, 3.8) is 0 Å². The second-order valence-electron chi connectivity index (χ2n) is 5.59. The number of hydrogen-bond donors (Lipinski definition) is 1. The third kappa shape index (κ3) is 6.65. The summed E-state index contributed by atoms with van der Waals surface area (Å²) in [4.78, 5) is 47.2. The number of carbonyl (C=O) groups excluding carboxylic acids is 4. The molecule has 2 rings (SSSR count). The molecule has 0 aliphatic carbocycles. The molecule has 1 amide bonds. The lowest BCUT2D eigenvalue weighted by Crippen LogP contribution is -2.24. The fourth-order valence-electron chi connectivity index (χ4n) is 2.21. The quantitative estimate of drug-likeness (QED) is 0.526. The SMILES string of the molecule is COC(=O)c1cc(NC(=O)COC(=O)COc2ccccc2)cc(C(=O)OC)c1. The molecule has 0 aliphatic heterocycles. The molecule has 0 radical (unpaired) electrons. The molecule has 1 N–H and O–H groups in total. The van der Waals surface area contributed by atoms with Crippen LogP contribution in [0.15, 0.2) is 48.5 Å². The Kier molecular flexibility index (Phi) is 7.72. The van der Waals surface area contributed by atoms with E-state index in [0.717, 1.165) is 0 Å². The Hall–Kier alpha value is -3.88. The first-order valence-corrected chi connectivity index (χ1v) is 8.38. The summed E-state index contributed by atoms with van der Waals surface area (Å²) in [6.45, 7) is -0.936. The van der Waals surface area contributed by atoms with Gasteiger partial charge < -0.3 is 24.3 Å². The highest BCUT2D eigenvalue weighted by atomic mass is 16.6. The number of esters is 3. The molecule has 0 saturated carbocycles. The number of anilines is 1. The first-order valence-electron chi connectivity index (χ1n) is 8.38. The molecule has 0 aliphatic rings. The monoisotopic (exact) mass is 401 g/mol. The Balaban J connectivity index is 1.94. The standard InChI is InChI=1S/C20H19NO8/c1-26-19(24)13-8-14(20(25)27-2)10-15(9-13)21-17(22)11-29-18(23)12-28-16-6-4-3-5-7-16/h3-10H,11-12H2,1-2H3,(H,21,22). The minimum absolute atomic E-state index is 0.0407. The third-order valence-corrected chi connectivity index (χ3v) is 3.52. The lowest BCUT2D eigenvalue weighted by molar-refractivity contribution is -0.149. The van der Waals surface area contributed by atoms with Crippen LogP contribution in [0.1, 0.15) is 20.7 Å². The number of benzene rings is 2. The second kappa shape index (κ2) is 10.5. The van der Waals surface area contributed by atoms with Crippen molar-refractivity contribution in [1.29, 1.82) is 0 Å². The summed E-state index contributed by atoms with van der Waals surface area (Å²) in [5, 5.41) is 2.44. The largest absolute Gasteiger partial charge is 0.482 e. The van der Waals surface area contributed by atoms with Crippen molar-refractivity contribution in [2.24, 2.45) is 0 Å². The van der Waals surface area contributed by atoms with Crippen LogP contribution in [0.2, 0.25) is 0 Å². The summed E-state index contributed by atoms with van der Waals surface area (Å²) in [5.74, 6) is -2.31. The van der Waals surface area contributed by atoms with E-state index in [-0.39, 0.29) is 23.4 Å². The predicted octanol–water partition coefficient (Wildman–Crippen LogP) is 1.82. The molecule has 2 aromatic rings. The van der Waals surface area contributed by atoms with Crippen LogP contribution >= 0.6 is 0 Å². The van der Waals surface area contributed by atoms with Crippen LogP contribution in [0.25, 0.3) is 0 Å². The Morgan fingerprint density at radius 1 is 0.828 bits per heavy atom. The van der Waals surface area contributed by atoms with Gasteiger partial charge in [-0.25, -0.2) is 14.4 Å². The van der Waals surface area contributed by atoms with E-state index in [1.807, 2.05) is 0 Å². The molecule has 9 nitrogen and oxygen atoms in total. The predicted molar refractivity (Wildman–Crippen MR) is 101 cm³/mol. The molecule has 0 aromatic heterocycles. The molecule has 29 heavy (non-hydrogen) atoms. The molecule has 0 bridgehead atoms. The lowest BCUT2D eigenvalue weighted by Gasteiger charge is -2.10. The van der Waals surface area contributed by atoms with Gasteiger partial charge in [0.05, 0.1) is 25.3 Å². The van der Waals surface area contributed by atoms with Crippen LogP contribution in [0.4, 0.5) is 5.69 Å². The maximum atomic E-state index is 12.0. The number of amides is 1. The minimum Gasteiger partial charge on any atom is -0.482 e. The zero-order valence-corrected chi connectivity index (χ0v) is 15.8. The van der Waals surface area contributed by atoms with Gasteiger partial charge in [-0.2, -0.15) is 0 Å². The summed E-state index contributed by atoms with van der Waals surface area (Å²) in [6, 6.07) is 12.6. The highest BCUT2D eigenvalue weighted by Crippen LogP contribution is 2.17. The zero-order valence-electron chi connectivity index (χ0n) is 15.8. The fourth-order valence-corrected chi connectivity index (χ4v) is 2.21. The van der Waals surface area contributed by atoms with Crippen molar-refractivity contribution in [2.75, 3.05) is 32.8 Å². The Morgan fingerprint density at radius 2 is 1.41 bits per heavy atom. The van der Waals surface area contributed by atoms with Crippen LogP contribution in [-0.2, 0) is 23.8 Å². The smallest absolute Gasteiger partial charge is 0.344 e. The maximum Gasteiger partial charge on any atom is 0.344 e. The van der Waals surface area contributed by atoms with E-state index in [1.165, 1.54) is 32.4 Å². The van der Waals surface area contributed by atoms with E-state index in [2.05, 4.69) is 14.8 Å². The topological polar surface area (TPSA) is 117 Å². The van der Waals surface area contributed by atoms with E-state index < -0.39 is 30.4 Å². The van der Waals surface area contributed by atoms with Crippen molar-refractivity contribution in [2.45, 2.75) is 0 Å². The van der Waals surface area contributed by atoms with Crippen molar-refractivity contribution < 1.29 is 38.1 Å². The van der Waals surface area contributed by atoms with Crippen LogP contribution in [0.3, 0.4) is 0 Å². The van der Waals surface area contributed by atoms with Gasteiger partial charge in [-0.3, -0.25) is 4.79 Å². The van der Waals surface area contributed by atoms with Gasteiger partial charge in [0.15, 0.2) is 13.2 Å². The fraction of sp³-hybridized carbons (Fsp3) is 0.200. The average Bonchev–Trinajstić information content (AvgIpc) is 2.75. The maximum absolute atomic E-state index is 12.0. The highest BCUT2D eigenvalue weighted by molar-refractivity contribution is 6.00. The van der Waals surface area contributed by atoms with Crippen molar-refractivity contribution in [1.82, 2.24) is 0 Å². The molecule has 0 fully saturated rings. The second-order valence-corrected chi connectivity index (χ2v) is 5.59. The van der Waals surface area contributed by atoms with Crippen molar-refractivity contribution >= 4 is 29.5 Å². The summed E-state index contributed by atoms with van der Waals surface area (Å²) >= 11 is 0. The molecular weight excluding hydrogens is 382 g/mol. The molecule has 0 unspecified atom stereocenters. The molecular formula is C20H19NO8. The minimum atomic E-state index is -0.734. The summed E-state index contributed by atoms with van der Waals surface area (Å²) < 4.78 is 19.3. The van der Waals surface area contributed by atoms with Gasteiger partial charge in [0.2, 0.25) is 0 Å². The van der Waals surface area contributed by atoms with Gasteiger partial charge in [-0.1, -0.05) is 18.2 Å². The van der Waals surface area contributed by atoms with Gasteiger partial charge in [0, 0.05) is 5.69 Å². The van der Waals surface area contributed by atoms with Crippen LogP contribution in [-0.4, -0.2) is 51.2 Å². The van der Waals surface area contributed by atoms with Crippen LogP contribution in [0.5, 0.6) is 5.75 Å². The van der Waals surface area contributed by atoms with E-state index in [9.17, 15) is 19.2 Å². The molecule has 152 valence electrons. The van der Waals surface area contributed by atoms with Gasteiger partial charge in [-0.05, 0) is 30.3 Å². The zero-order chi connectivity index (χ0) is 21.2. The lowest BCUT2D eigenvalue weighted by atomic mass is 10.1. The van der Waals surface area contributed by atoms with Gasteiger partial charge in [-0.15, -0.1) is 0 Å². The van der Waals surface area contributed by atoms with Crippen molar-refractivity contribution in [3.8, 4) is 5.75 Å². The van der Waals surface area contributed by atoms with E-state index >= 15 is 0 Å². The highest BCUT2D eigenvalue weighted by Gasteiger charge is 2.15. The number of carbonyl (C=O) groups is 4. The summed E-state index contributed by atoms with van der Waals surface area (Å²) in [6.07, 6.45) is 0. The molecule has 0 spiro atoms. The van der Waals surface area contributed by atoms with Crippen LogP contribution < -0.4 is 10.1 Å². The van der Waals surface area contributed by atoms with E-state index in [4.69, 9.17) is 9.47 Å². The number of hydrogen-bond acceptors (Lipinski definition) is 8. The van der Waals surface area contributed by atoms with Crippen molar-refractivity contribution in [3.05, 3.63) is 59.7 Å². The summed E-state index contributed by atoms with van der Waals surface area (Å²) in [7, 11) is 2.37. The van der Waals surface area contributed by atoms with E-state index in [1.54, 1.807) is 30.3 Å². The third-order valence-electron chi connectivity index (χ3n) is 3.52. The first-order chi connectivity index (χ1) is 13.9. The normalized spacial score (nSPS) is 9.86. The number of methoxy groups -OCH3 is 2. The van der Waals surface area contributed by atoms with Crippen LogP contribution in [0, 0.1) is 0 Å². The number of rotatable bonds is 8. The number of para-hydroxylation sites is 1. The number of nitrogens with one attached hydrogen (secondary N) is 1. The molecule has 0 saturated heterocycles. The van der Waals surface area contributed by atoms with Gasteiger partial charge in [0.1, 0.15) is 5.75 Å². The van der Waals surface area contributed by atoms with Gasteiger partial charge in [0.25, 0.3) is 5.91 Å². The Morgan fingerprint density at radius 3 is 1.97 bits per heavy atom. The molecule has 2 aromatic carbocycles. The first kappa shape index (κ1) is 21.4. The summed E-state index contributed by atoms with van der Waals surface area (Å²) in [5.41, 5.74) is 0.216. The molecule has 9 heteroatoms. The van der Waals surface area contributed by atoms with Gasteiger partial charge >= 0.3 is 17.9 Å². The number of ether oxygens (including phenoxy) is 4. The molecule has 0 atom stereocenters.